The molecule has 0 aliphatic rings. The van der Waals surface area contributed by atoms with Crippen molar-refractivity contribution < 1.29 is 8.42 Å². The minimum Gasteiger partial charge on any atom is -0.332 e. The first-order valence-corrected chi connectivity index (χ1v) is 9.40. The number of sulfonamides is 1. The fourth-order valence-corrected chi connectivity index (χ4v) is 3.16. The molecule has 128 valence electrons. The van der Waals surface area contributed by atoms with Crippen LogP contribution in [-0.4, -0.2) is 13.5 Å². The Labute approximate surface area is 152 Å². The molecule has 24 heavy (non-hydrogen) atoms. The molecule has 4 N–H and O–H groups in total. The lowest BCUT2D eigenvalue weighted by atomic mass is 10.1. The van der Waals surface area contributed by atoms with Crippen LogP contribution < -0.4 is 15.8 Å². The Morgan fingerprint density at radius 1 is 1.08 bits per heavy atom. The SMILES string of the molecule is Cc1cc(S(N)(=O)=O)cc(NC(=S)Nc2cccc(Cl)c2C)c1C. The number of nitrogens with two attached hydrogens (primary N) is 1. The molecule has 0 saturated carbocycles. The van der Waals surface area contributed by atoms with E-state index in [-0.39, 0.29) is 4.90 Å². The number of primary sulfonamides is 1. The van der Waals surface area contributed by atoms with Crippen LogP contribution in [0.3, 0.4) is 0 Å². The quantitative estimate of drug-likeness (QED) is 0.703. The van der Waals surface area contributed by atoms with Gasteiger partial charge in [0.1, 0.15) is 0 Å². The number of rotatable bonds is 3. The molecule has 2 rings (SSSR count). The summed E-state index contributed by atoms with van der Waals surface area (Å²) in [6, 6.07) is 8.47. The Balaban J connectivity index is 2.29. The number of hydrogen-bond donors (Lipinski definition) is 3. The molecule has 2 aromatic rings. The van der Waals surface area contributed by atoms with Gasteiger partial charge in [0, 0.05) is 16.4 Å². The fraction of sp³-hybridized carbons (Fsp3) is 0.188. The summed E-state index contributed by atoms with van der Waals surface area (Å²) in [5.41, 5.74) is 3.91. The summed E-state index contributed by atoms with van der Waals surface area (Å²) in [7, 11) is -3.79. The second kappa shape index (κ2) is 7.06. The Kier molecular flexibility index (Phi) is 5.49. The molecule has 0 fully saturated rings. The van der Waals surface area contributed by atoms with Gasteiger partial charge in [0.05, 0.1) is 4.90 Å². The van der Waals surface area contributed by atoms with Crippen molar-refractivity contribution in [2.75, 3.05) is 10.6 Å². The fourth-order valence-electron chi connectivity index (χ4n) is 2.14. The van der Waals surface area contributed by atoms with Crippen molar-refractivity contribution in [1.82, 2.24) is 0 Å². The van der Waals surface area contributed by atoms with Crippen molar-refractivity contribution >= 4 is 50.3 Å². The highest BCUT2D eigenvalue weighted by molar-refractivity contribution is 7.89. The Bertz CT molecular complexity index is 912. The van der Waals surface area contributed by atoms with E-state index in [9.17, 15) is 8.42 Å². The number of hydrogen-bond acceptors (Lipinski definition) is 3. The first-order chi connectivity index (χ1) is 11.1. The third-order valence-electron chi connectivity index (χ3n) is 3.73. The molecule has 0 atom stereocenters. The lowest BCUT2D eigenvalue weighted by Crippen LogP contribution is -2.21. The first-order valence-electron chi connectivity index (χ1n) is 7.06. The molecule has 2 aromatic carbocycles. The second-order valence-corrected chi connectivity index (χ2v) is 7.83. The average Bonchev–Trinajstić information content (AvgIpc) is 2.47. The summed E-state index contributed by atoms with van der Waals surface area (Å²) >= 11 is 11.4. The monoisotopic (exact) mass is 383 g/mol. The third kappa shape index (κ3) is 4.24. The van der Waals surface area contributed by atoms with Crippen molar-refractivity contribution in [2.45, 2.75) is 25.7 Å². The van der Waals surface area contributed by atoms with E-state index in [1.165, 1.54) is 12.1 Å². The first kappa shape index (κ1) is 18.7. The molecular weight excluding hydrogens is 366 g/mol. The van der Waals surface area contributed by atoms with Crippen LogP contribution in [0, 0.1) is 20.8 Å². The van der Waals surface area contributed by atoms with E-state index in [1.807, 2.05) is 32.9 Å². The van der Waals surface area contributed by atoms with Gasteiger partial charge in [0.15, 0.2) is 5.11 Å². The summed E-state index contributed by atoms with van der Waals surface area (Å²) in [5.74, 6) is 0. The second-order valence-electron chi connectivity index (χ2n) is 5.45. The molecule has 0 aliphatic heterocycles. The van der Waals surface area contributed by atoms with Crippen LogP contribution in [0.15, 0.2) is 35.2 Å². The van der Waals surface area contributed by atoms with Crippen molar-refractivity contribution in [1.29, 1.82) is 0 Å². The van der Waals surface area contributed by atoms with Gasteiger partial charge in [-0.1, -0.05) is 17.7 Å². The van der Waals surface area contributed by atoms with Crippen molar-refractivity contribution in [2.24, 2.45) is 5.14 Å². The predicted octanol–water partition coefficient (Wildman–Crippen LogP) is 3.72. The number of nitrogens with one attached hydrogen (secondary N) is 2. The van der Waals surface area contributed by atoms with Crippen LogP contribution in [0.4, 0.5) is 11.4 Å². The van der Waals surface area contributed by atoms with Crippen molar-refractivity contribution in [3.05, 3.63) is 52.0 Å². The van der Waals surface area contributed by atoms with Gasteiger partial charge in [-0.2, -0.15) is 0 Å². The smallest absolute Gasteiger partial charge is 0.238 e. The molecular formula is C16H18ClN3O2S2. The van der Waals surface area contributed by atoms with E-state index >= 15 is 0 Å². The molecule has 0 bridgehead atoms. The number of halogens is 1. The lowest BCUT2D eigenvalue weighted by Gasteiger charge is -2.16. The highest BCUT2D eigenvalue weighted by Gasteiger charge is 2.13. The maximum absolute atomic E-state index is 11.6. The van der Waals surface area contributed by atoms with Gasteiger partial charge in [-0.15, -0.1) is 0 Å². The number of benzene rings is 2. The predicted molar refractivity (Wildman–Crippen MR) is 103 cm³/mol. The Morgan fingerprint density at radius 3 is 2.33 bits per heavy atom. The van der Waals surface area contributed by atoms with Gasteiger partial charge in [0.25, 0.3) is 0 Å². The normalized spacial score (nSPS) is 11.2. The van der Waals surface area contributed by atoms with E-state index in [0.29, 0.717) is 15.8 Å². The van der Waals surface area contributed by atoms with Crippen LogP contribution in [0.25, 0.3) is 0 Å². The Hall–Kier alpha value is -1.67. The molecule has 8 heteroatoms. The summed E-state index contributed by atoms with van der Waals surface area (Å²) in [6.45, 7) is 5.56. The van der Waals surface area contributed by atoms with Crippen molar-refractivity contribution in [3.63, 3.8) is 0 Å². The molecule has 0 radical (unpaired) electrons. The summed E-state index contributed by atoms with van der Waals surface area (Å²) in [4.78, 5) is 0.0369. The van der Waals surface area contributed by atoms with Crippen LogP contribution in [0.2, 0.25) is 5.02 Å². The third-order valence-corrected chi connectivity index (χ3v) is 5.24. The van der Waals surface area contributed by atoms with Gasteiger partial charge in [-0.25, -0.2) is 13.6 Å². The van der Waals surface area contributed by atoms with Gasteiger partial charge in [-0.3, -0.25) is 0 Å². The van der Waals surface area contributed by atoms with Crippen LogP contribution >= 0.6 is 23.8 Å². The van der Waals surface area contributed by atoms with E-state index in [0.717, 1.165) is 22.4 Å². The maximum Gasteiger partial charge on any atom is 0.238 e. The zero-order valence-electron chi connectivity index (χ0n) is 13.5. The highest BCUT2D eigenvalue weighted by Crippen LogP contribution is 2.25. The summed E-state index contributed by atoms with van der Waals surface area (Å²) in [6.07, 6.45) is 0. The largest absolute Gasteiger partial charge is 0.332 e. The molecule has 0 spiro atoms. The van der Waals surface area contributed by atoms with Gasteiger partial charge >= 0.3 is 0 Å². The topological polar surface area (TPSA) is 84.2 Å². The number of thiocarbonyl (C=S) groups is 1. The maximum atomic E-state index is 11.6. The molecule has 0 heterocycles. The molecule has 0 aliphatic carbocycles. The van der Waals surface area contributed by atoms with E-state index in [4.69, 9.17) is 29.0 Å². The average molecular weight is 384 g/mol. The van der Waals surface area contributed by atoms with Gasteiger partial charge in [-0.05, 0) is 73.9 Å². The summed E-state index contributed by atoms with van der Waals surface area (Å²) < 4.78 is 23.2. The zero-order chi connectivity index (χ0) is 18.1. The molecule has 0 unspecified atom stereocenters. The van der Waals surface area contributed by atoms with Crippen LogP contribution in [0.1, 0.15) is 16.7 Å². The lowest BCUT2D eigenvalue weighted by molar-refractivity contribution is 0.597. The zero-order valence-corrected chi connectivity index (χ0v) is 15.9. The van der Waals surface area contributed by atoms with Gasteiger partial charge in [0.2, 0.25) is 10.0 Å². The van der Waals surface area contributed by atoms with Gasteiger partial charge < -0.3 is 10.6 Å². The van der Waals surface area contributed by atoms with E-state index < -0.39 is 10.0 Å². The van der Waals surface area contributed by atoms with E-state index in [2.05, 4.69) is 10.6 Å². The minimum absolute atomic E-state index is 0.0369. The van der Waals surface area contributed by atoms with Crippen LogP contribution in [0.5, 0.6) is 0 Å². The summed E-state index contributed by atoms with van der Waals surface area (Å²) in [5, 5.41) is 12.3. The molecule has 5 nitrogen and oxygen atoms in total. The minimum atomic E-state index is -3.79. The molecule has 0 aromatic heterocycles. The number of anilines is 2. The van der Waals surface area contributed by atoms with E-state index in [1.54, 1.807) is 6.07 Å². The standard InChI is InChI=1S/C16H18ClN3O2S2/c1-9-7-12(24(18,21)22)8-15(10(9)2)20-16(23)19-14-6-4-5-13(17)11(14)3/h4-8H,1-3H3,(H2,18,21,22)(H2,19,20,23). The number of aryl methyl sites for hydroxylation is 1. The van der Waals surface area contributed by atoms with Crippen molar-refractivity contribution in [3.8, 4) is 0 Å². The Morgan fingerprint density at radius 2 is 1.71 bits per heavy atom. The molecule has 0 saturated heterocycles. The molecule has 0 amide bonds. The van der Waals surface area contributed by atoms with Crippen LogP contribution in [-0.2, 0) is 10.0 Å². The highest BCUT2D eigenvalue weighted by atomic mass is 35.5.